The van der Waals surface area contributed by atoms with Gasteiger partial charge in [-0.2, -0.15) is 4.31 Å². The van der Waals surface area contributed by atoms with E-state index in [1.165, 1.54) is 11.2 Å². The molecule has 0 unspecified atom stereocenters. The summed E-state index contributed by atoms with van der Waals surface area (Å²) in [5, 5.41) is 0. The van der Waals surface area contributed by atoms with Crippen molar-refractivity contribution in [2.24, 2.45) is 0 Å². The van der Waals surface area contributed by atoms with E-state index in [9.17, 15) is 13.2 Å². The Bertz CT molecular complexity index is 1050. The number of hydrogen-bond donors (Lipinski definition) is 0. The molecule has 0 atom stereocenters. The molecule has 1 saturated heterocycles. The van der Waals surface area contributed by atoms with Crippen LogP contribution in [0.15, 0.2) is 52.3 Å². The van der Waals surface area contributed by atoms with Gasteiger partial charge < -0.3 is 14.5 Å². The molecular weight excluding hydrogens is 422 g/mol. The fourth-order valence-corrected chi connectivity index (χ4v) is 6.31. The molecule has 0 radical (unpaired) electrons. The molecule has 2 heterocycles. The number of piperazine rings is 1. The lowest BCUT2D eigenvalue weighted by Crippen LogP contribution is -2.48. The first-order valence-electron chi connectivity index (χ1n) is 9.85. The third-order valence-electron chi connectivity index (χ3n) is 5.48. The van der Waals surface area contributed by atoms with E-state index in [1.807, 2.05) is 30.3 Å². The van der Waals surface area contributed by atoms with Crippen LogP contribution in [0.5, 0.6) is 5.75 Å². The van der Waals surface area contributed by atoms with Gasteiger partial charge in [-0.1, -0.05) is 12.1 Å². The zero-order valence-corrected chi connectivity index (χ0v) is 18.7. The van der Waals surface area contributed by atoms with E-state index in [2.05, 4.69) is 4.90 Å². The predicted molar refractivity (Wildman–Crippen MR) is 119 cm³/mol. The molecule has 0 spiro atoms. The van der Waals surface area contributed by atoms with Crippen LogP contribution in [0.25, 0.3) is 0 Å². The summed E-state index contributed by atoms with van der Waals surface area (Å²) in [5.74, 6) is 1.52. The lowest BCUT2D eigenvalue weighted by atomic mass is 10.2. The molecule has 0 aliphatic carbocycles. The average molecular weight is 448 g/mol. The number of carbonyl (C=O) groups is 1. The van der Waals surface area contributed by atoms with Crippen molar-refractivity contribution >= 4 is 39.1 Å². The number of methoxy groups -OCH3 is 1. The Morgan fingerprint density at radius 3 is 2.43 bits per heavy atom. The molecule has 2 aromatic carbocycles. The van der Waals surface area contributed by atoms with Gasteiger partial charge in [0.25, 0.3) is 0 Å². The number of rotatable bonds is 4. The topological polar surface area (TPSA) is 70.2 Å². The van der Waals surface area contributed by atoms with Crippen LogP contribution in [0.2, 0.25) is 0 Å². The second-order valence-electron chi connectivity index (χ2n) is 7.21. The summed E-state index contributed by atoms with van der Waals surface area (Å²) in [5.41, 5.74) is 1.66. The minimum Gasteiger partial charge on any atom is -0.495 e. The predicted octanol–water partition coefficient (Wildman–Crippen LogP) is 2.66. The number of carbonyl (C=O) groups excluding carboxylic acids is 1. The quantitative estimate of drug-likeness (QED) is 0.718. The lowest BCUT2D eigenvalue weighted by molar-refractivity contribution is -0.116. The van der Waals surface area contributed by atoms with E-state index >= 15 is 0 Å². The smallest absolute Gasteiger partial charge is 0.243 e. The molecule has 0 bridgehead atoms. The fraction of sp³-hybridized carbons (Fsp3) is 0.381. The van der Waals surface area contributed by atoms with Crippen LogP contribution >= 0.6 is 11.8 Å². The number of hydrogen-bond acceptors (Lipinski definition) is 6. The molecule has 160 valence electrons. The number of ether oxygens (including phenoxy) is 1. The van der Waals surface area contributed by atoms with Crippen molar-refractivity contribution in [3.8, 4) is 5.75 Å². The second kappa shape index (κ2) is 8.49. The van der Waals surface area contributed by atoms with Gasteiger partial charge in [0.15, 0.2) is 0 Å². The van der Waals surface area contributed by atoms with Crippen molar-refractivity contribution < 1.29 is 17.9 Å². The van der Waals surface area contributed by atoms with Gasteiger partial charge in [-0.15, -0.1) is 11.8 Å². The summed E-state index contributed by atoms with van der Waals surface area (Å²) < 4.78 is 33.5. The first-order valence-corrected chi connectivity index (χ1v) is 12.3. The van der Waals surface area contributed by atoms with Gasteiger partial charge in [0.05, 0.1) is 23.4 Å². The minimum atomic E-state index is -3.64. The minimum absolute atomic E-state index is 0.0727. The Morgan fingerprint density at radius 2 is 1.73 bits per heavy atom. The van der Waals surface area contributed by atoms with Gasteiger partial charge >= 0.3 is 0 Å². The van der Waals surface area contributed by atoms with Gasteiger partial charge in [-0.3, -0.25) is 4.79 Å². The van der Waals surface area contributed by atoms with Crippen molar-refractivity contribution in [1.29, 1.82) is 0 Å². The first-order chi connectivity index (χ1) is 14.4. The Morgan fingerprint density at radius 1 is 1.00 bits per heavy atom. The van der Waals surface area contributed by atoms with E-state index in [1.54, 1.807) is 35.9 Å². The maximum absolute atomic E-state index is 13.3. The number of anilines is 2. The average Bonchev–Trinajstić information content (AvgIpc) is 2.78. The van der Waals surface area contributed by atoms with Gasteiger partial charge in [-0.25, -0.2) is 8.42 Å². The van der Waals surface area contributed by atoms with Crippen molar-refractivity contribution in [2.45, 2.75) is 16.7 Å². The molecule has 0 N–H and O–H groups in total. The Hall–Kier alpha value is -2.23. The second-order valence-corrected chi connectivity index (χ2v) is 10.3. The number of amides is 1. The number of fused-ring (bicyclic) bond motifs is 1. The molecule has 2 aromatic rings. The van der Waals surface area contributed by atoms with Gasteiger partial charge in [0.2, 0.25) is 15.9 Å². The lowest BCUT2D eigenvalue weighted by Gasteiger charge is -2.36. The number of nitrogens with zero attached hydrogens (tertiary/aromatic N) is 3. The SMILES string of the molecule is COc1ccccc1N1CCN(S(=O)(=O)c2ccc3c(c2)N(C(C)=O)CCS3)CC1. The summed E-state index contributed by atoms with van der Waals surface area (Å²) in [6, 6.07) is 12.9. The highest BCUT2D eigenvalue weighted by Crippen LogP contribution is 2.37. The van der Waals surface area contributed by atoms with E-state index in [0.29, 0.717) is 38.4 Å². The molecule has 0 aromatic heterocycles. The number of sulfonamides is 1. The third kappa shape index (κ3) is 3.89. The maximum atomic E-state index is 13.3. The summed E-state index contributed by atoms with van der Waals surface area (Å²) in [4.78, 5) is 17.0. The van der Waals surface area contributed by atoms with Crippen LogP contribution in [0.1, 0.15) is 6.92 Å². The summed E-state index contributed by atoms with van der Waals surface area (Å²) in [7, 11) is -2.00. The number of para-hydroxylation sites is 2. The Labute approximate surface area is 181 Å². The van der Waals surface area contributed by atoms with Crippen LogP contribution in [-0.2, 0) is 14.8 Å². The zero-order chi connectivity index (χ0) is 21.3. The van der Waals surface area contributed by atoms with Crippen molar-refractivity contribution in [3.05, 3.63) is 42.5 Å². The van der Waals surface area contributed by atoms with Crippen molar-refractivity contribution in [2.75, 3.05) is 55.4 Å². The fourth-order valence-electron chi connectivity index (χ4n) is 3.89. The van der Waals surface area contributed by atoms with Crippen LogP contribution in [0, 0.1) is 0 Å². The molecule has 0 saturated carbocycles. The zero-order valence-electron chi connectivity index (χ0n) is 17.1. The largest absolute Gasteiger partial charge is 0.495 e. The van der Waals surface area contributed by atoms with Crippen LogP contribution in [0.4, 0.5) is 11.4 Å². The number of benzene rings is 2. The summed E-state index contributed by atoms with van der Waals surface area (Å²) in [6.45, 7) is 4.05. The summed E-state index contributed by atoms with van der Waals surface area (Å²) >= 11 is 1.65. The van der Waals surface area contributed by atoms with Gasteiger partial charge in [-0.05, 0) is 30.3 Å². The Balaban J connectivity index is 1.54. The maximum Gasteiger partial charge on any atom is 0.243 e. The normalized spacial score (nSPS) is 17.5. The Kier molecular flexibility index (Phi) is 5.95. The summed E-state index contributed by atoms with van der Waals surface area (Å²) in [6.07, 6.45) is 0. The highest BCUT2D eigenvalue weighted by Gasteiger charge is 2.31. The van der Waals surface area contributed by atoms with E-state index < -0.39 is 10.0 Å². The van der Waals surface area contributed by atoms with E-state index in [0.717, 1.165) is 22.1 Å². The van der Waals surface area contributed by atoms with E-state index in [4.69, 9.17) is 4.74 Å². The van der Waals surface area contributed by atoms with E-state index in [-0.39, 0.29) is 10.8 Å². The standard InChI is InChI=1S/C21H25N3O4S2/c1-16(25)24-13-14-29-21-8-7-17(15-19(21)24)30(26,27)23-11-9-22(10-12-23)18-5-3-4-6-20(18)28-2/h3-8,15H,9-14H2,1-2H3. The third-order valence-corrected chi connectivity index (χ3v) is 8.41. The molecular formula is C21H25N3O4S2. The molecule has 4 rings (SSSR count). The van der Waals surface area contributed by atoms with Crippen LogP contribution in [0.3, 0.4) is 0 Å². The first kappa shape index (κ1) is 21.0. The monoisotopic (exact) mass is 447 g/mol. The highest BCUT2D eigenvalue weighted by atomic mass is 32.2. The molecule has 7 nitrogen and oxygen atoms in total. The van der Waals surface area contributed by atoms with Gasteiger partial charge in [0, 0.05) is 50.3 Å². The van der Waals surface area contributed by atoms with Gasteiger partial charge in [0.1, 0.15) is 5.75 Å². The van der Waals surface area contributed by atoms with Crippen molar-refractivity contribution in [3.63, 3.8) is 0 Å². The molecule has 1 fully saturated rings. The molecule has 9 heteroatoms. The number of thioether (sulfide) groups is 1. The molecule has 1 amide bonds. The molecule has 2 aliphatic rings. The van der Waals surface area contributed by atoms with Crippen LogP contribution < -0.4 is 14.5 Å². The van der Waals surface area contributed by atoms with Crippen LogP contribution in [-0.4, -0.2) is 64.2 Å². The molecule has 30 heavy (non-hydrogen) atoms. The molecule has 2 aliphatic heterocycles. The van der Waals surface area contributed by atoms with Crippen molar-refractivity contribution in [1.82, 2.24) is 4.31 Å². The highest BCUT2D eigenvalue weighted by molar-refractivity contribution is 7.99.